The third-order valence-electron chi connectivity index (χ3n) is 7.42. The Kier molecular flexibility index (Phi) is 24.4. The Balaban J connectivity index is 2.58. The lowest BCUT2D eigenvalue weighted by atomic mass is 9.91. The van der Waals surface area contributed by atoms with Crippen LogP contribution in [0.25, 0.3) is 0 Å². The zero-order valence-corrected chi connectivity index (χ0v) is 32.4. The van der Waals surface area contributed by atoms with E-state index in [0.717, 1.165) is 5.56 Å². The minimum absolute atomic E-state index is 0.0129. The van der Waals surface area contributed by atoms with Gasteiger partial charge in [-0.2, -0.15) is 0 Å². The average molecular weight is 751 g/mol. The van der Waals surface area contributed by atoms with Crippen LogP contribution in [0.3, 0.4) is 0 Å². The molecule has 15 nitrogen and oxygen atoms in total. The molecule has 0 aliphatic rings. The molecule has 1 rings (SSSR count). The van der Waals surface area contributed by atoms with Crippen molar-refractivity contribution in [1.82, 2.24) is 21.3 Å². The van der Waals surface area contributed by atoms with Crippen LogP contribution in [0.2, 0.25) is 0 Å². The van der Waals surface area contributed by atoms with Crippen LogP contribution in [0.1, 0.15) is 78.7 Å². The van der Waals surface area contributed by atoms with E-state index in [0.29, 0.717) is 58.8 Å². The Labute approximate surface area is 314 Å². The molecule has 0 fully saturated rings. The number of rotatable bonds is 28. The van der Waals surface area contributed by atoms with Gasteiger partial charge < -0.3 is 45.0 Å². The molecule has 0 aliphatic heterocycles. The molecule has 0 radical (unpaired) electrons. The lowest BCUT2D eigenvalue weighted by molar-refractivity contribution is -0.133. The highest BCUT2D eigenvalue weighted by Gasteiger charge is 2.28. The zero-order chi connectivity index (χ0) is 39.5. The van der Waals surface area contributed by atoms with Gasteiger partial charge >= 0.3 is 12.2 Å². The van der Waals surface area contributed by atoms with E-state index >= 15 is 0 Å². The average Bonchev–Trinajstić information content (AvgIpc) is 3.09. The standard InChI is InChI=1S/C38H62N4O11/c1-28(2)24-32(33(44)14-15-34(45)39-16-10-18-50-21-20-49-6)42-35(46)30(25-29-12-8-7-9-13-29)26-31(43)27-41-36(47)52-23-22-51-19-11-17-40-37(48)53-38(3,4)5/h7-9,12-13,28,30,32H,10-11,14-27H2,1-6H3,(H,39,45)(H,40,48)(H,41,47)(H,42,46). The molecular weight excluding hydrogens is 688 g/mol. The fourth-order valence-electron chi connectivity index (χ4n) is 4.88. The molecule has 1 aromatic rings. The second kappa shape index (κ2) is 27.5. The fourth-order valence-corrected chi connectivity index (χ4v) is 4.88. The second-order valence-electron chi connectivity index (χ2n) is 14.0. The number of hydrogen-bond donors (Lipinski definition) is 4. The largest absolute Gasteiger partial charge is 0.447 e. The number of ether oxygens (including phenoxy) is 5. The van der Waals surface area contributed by atoms with Gasteiger partial charge in [0.05, 0.1) is 32.4 Å². The summed E-state index contributed by atoms with van der Waals surface area (Å²) in [6.45, 7) is 11.5. The number of Topliss-reactive ketones (excluding diaryl/α,β-unsaturated/α-hetero) is 2. The molecule has 0 bridgehead atoms. The van der Waals surface area contributed by atoms with Crippen molar-refractivity contribution in [3.8, 4) is 0 Å². The molecule has 2 atom stereocenters. The first-order valence-corrected chi connectivity index (χ1v) is 18.4. The van der Waals surface area contributed by atoms with Crippen molar-refractivity contribution in [3.05, 3.63) is 35.9 Å². The summed E-state index contributed by atoms with van der Waals surface area (Å²) in [5, 5.41) is 10.7. The first-order valence-electron chi connectivity index (χ1n) is 18.4. The Hall–Kier alpha value is -4.08. The van der Waals surface area contributed by atoms with E-state index in [1.807, 2.05) is 44.2 Å². The van der Waals surface area contributed by atoms with Crippen molar-refractivity contribution >= 4 is 35.6 Å². The second-order valence-corrected chi connectivity index (χ2v) is 14.0. The fraction of sp³-hybridized carbons (Fsp3) is 0.684. The molecule has 2 unspecified atom stereocenters. The highest BCUT2D eigenvalue weighted by atomic mass is 16.6. The number of amides is 4. The number of carbonyl (C=O) groups excluding carboxylic acids is 6. The summed E-state index contributed by atoms with van der Waals surface area (Å²) in [6.07, 6.45) is 0.229. The van der Waals surface area contributed by atoms with Crippen molar-refractivity contribution in [2.45, 2.75) is 91.2 Å². The maximum absolute atomic E-state index is 13.6. The predicted molar refractivity (Wildman–Crippen MR) is 198 cm³/mol. The van der Waals surface area contributed by atoms with Crippen LogP contribution >= 0.6 is 0 Å². The first-order chi connectivity index (χ1) is 25.2. The zero-order valence-electron chi connectivity index (χ0n) is 32.4. The molecule has 0 aliphatic carbocycles. The summed E-state index contributed by atoms with van der Waals surface area (Å²) in [4.78, 5) is 76.0. The minimum Gasteiger partial charge on any atom is -0.447 e. The summed E-state index contributed by atoms with van der Waals surface area (Å²) in [5.41, 5.74) is 0.255. The van der Waals surface area contributed by atoms with Crippen LogP contribution in [0.4, 0.5) is 9.59 Å². The highest BCUT2D eigenvalue weighted by Crippen LogP contribution is 2.16. The van der Waals surface area contributed by atoms with E-state index in [9.17, 15) is 28.8 Å². The number of ketones is 2. The van der Waals surface area contributed by atoms with Crippen LogP contribution < -0.4 is 21.3 Å². The number of benzene rings is 1. The lowest BCUT2D eigenvalue weighted by Gasteiger charge is -2.23. The third-order valence-corrected chi connectivity index (χ3v) is 7.42. The summed E-state index contributed by atoms with van der Waals surface area (Å²) in [7, 11) is 1.59. The summed E-state index contributed by atoms with van der Waals surface area (Å²) in [6, 6.07) is 8.38. The number of methoxy groups -OCH3 is 1. The molecule has 0 saturated carbocycles. The SMILES string of the molecule is COCCOCCCNC(=O)CCC(=O)C(CC(C)C)NC(=O)C(CC(=O)CNC(=O)OCCOCCCNC(=O)OC(C)(C)C)Cc1ccccc1. The topological polar surface area (TPSA) is 197 Å². The van der Waals surface area contributed by atoms with Crippen LogP contribution in [-0.4, -0.2) is 114 Å². The quantitative estimate of drug-likeness (QED) is 0.0915. The van der Waals surface area contributed by atoms with Crippen molar-refractivity contribution in [2.24, 2.45) is 11.8 Å². The van der Waals surface area contributed by atoms with Gasteiger partial charge in [-0.05, 0) is 57.9 Å². The Morgan fingerprint density at radius 3 is 2.02 bits per heavy atom. The molecule has 0 heterocycles. The van der Waals surface area contributed by atoms with Gasteiger partial charge in [0, 0.05) is 58.6 Å². The van der Waals surface area contributed by atoms with E-state index in [-0.39, 0.29) is 68.8 Å². The van der Waals surface area contributed by atoms with Crippen LogP contribution in [0.5, 0.6) is 0 Å². The number of nitrogens with one attached hydrogen (secondary N) is 4. The van der Waals surface area contributed by atoms with Crippen LogP contribution in [-0.2, 0) is 49.3 Å². The minimum atomic E-state index is -0.825. The molecule has 1 aromatic carbocycles. The van der Waals surface area contributed by atoms with E-state index < -0.39 is 35.7 Å². The smallest absolute Gasteiger partial charge is 0.407 e. The van der Waals surface area contributed by atoms with Gasteiger partial charge in [0.15, 0.2) is 11.6 Å². The van der Waals surface area contributed by atoms with Gasteiger partial charge in [0.2, 0.25) is 11.8 Å². The van der Waals surface area contributed by atoms with E-state index in [1.165, 1.54) is 0 Å². The third kappa shape index (κ3) is 25.5. The molecule has 300 valence electrons. The summed E-state index contributed by atoms with van der Waals surface area (Å²) >= 11 is 0. The van der Waals surface area contributed by atoms with Gasteiger partial charge in [0.25, 0.3) is 0 Å². The maximum atomic E-state index is 13.6. The van der Waals surface area contributed by atoms with Gasteiger partial charge in [0.1, 0.15) is 12.2 Å². The van der Waals surface area contributed by atoms with E-state index in [2.05, 4.69) is 21.3 Å². The number of carbonyl (C=O) groups is 6. The first kappa shape index (κ1) is 46.9. The molecule has 0 aromatic heterocycles. The Morgan fingerprint density at radius 1 is 0.755 bits per heavy atom. The maximum Gasteiger partial charge on any atom is 0.407 e. The summed E-state index contributed by atoms with van der Waals surface area (Å²) < 4.78 is 25.9. The van der Waals surface area contributed by atoms with Crippen LogP contribution in [0.15, 0.2) is 30.3 Å². The van der Waals surface area contributed by atoms with Gasteiger partial charge in [-0.25, -0.2) is 9.59 Å². The van der Waals surface area contributed by atoms with Gasteiger partial charge in [-0.15, -0.1) is 0 Å². The molecule has 15 heteroatoms. The lowest BCUT2D eigenvalue weighted by Crippen LogP contribution is -2.46. The molecule has 4 amide bonds. The molecule has 0 spiro atoms. The Morgan fingerprint density at radius 2 is 1.40 bits per heavy atom. The van der Waals surface area contributed by atoms with Crippen molar-refractivity contribution in [1.29, 1.82) is 0 Å². The van der Waals surface area contributed by atoms with Crippen molar-refractivity contribution < 1.29 is 52.5 Å². The van der Waals surface area contributed by atoms with Gasteiger partial charge in [-0.1, -0.05) is 44.2 Å². The molecular formula is C38H62N4O11. The molecule has 53 heavy (non-hydrogen) atoms. The van der Waals surface area contributed by atoms with Crippen molar-refractivity contribution in [2.75, 3.05) is 66.4 Å². The van der Waals surface area contributed by atoms with Crippen molar-refractivity contribution in [3.63, 3.8) is 0 Å². The number of alkyl carbamates (subject to hydrolysis) is 2. The highest BCUT2D eigenvalue weighted by molar-refractivity contribution is 5.94. The van der Waals surface area contributed by atoms with Crippen LogP contribution in [0, 0.1) is 11.8 Å². The van der Waals surface area contributed by atoms with E-state index in [1.54, 1.807) is 27.9 Å². The van der Waals surface area contributed by atoms with Gasteiger partial charge in [-0.3, -0.25) is 19.2 Å². The molecule has 0 saturated heterocycles. The monoisotopic (exact) mass is 750 g/mol. The normalized spacial score (nSPS) is 12.4. The number of hydrogen-bond acceptors (Lipinski definition) is 11. The van der Waals surface area contributed by atoms with E-state index in [4.69, 9.17) is 23.7 Å². The summed E-state index contributed by atoms with van der Waals surface area (Å²) in [5.74, 6) is -2.11. The predicted octanol–water partition coefficient (Wildman–Crippen LogP) is 3.51. The molecule has 4 N–H and O–H groups in total. The Bertz CT molecular complexity index is 1240.